The highest BCUT2D eigenvalue weighted by molar-refractivity contribution is 6.19. The van der Waals surface area contributed by atoms with Gasteiger partial charge in [-0.2, -0.15) is 0 Å². The molecular weight excluding hydrogens is 981 g/mol. The van der Waals surface area contributed by atoms with Crippen molar-refractivity contribution in [2.24, 2.45) is 0 Å². The van der Waals surface area contributed by atoms with Gasteiger partial charge in [-0.05, 0) is 167 Å². The average molecular weight is 1050 g/mol. The van der Waals surface area contributed by atoms with E-state index in [0.29, 0.717) is 22.7 Å². The van der Waals surface area contributed by atoms with Crippen LogP contribution in [-0.2, 0) is 0 Å². The summed E-state index contributed by atoms with van der Waals surface area (Å²) in [7, 11) is 0. The first-order valence-corrected chi connectivity index (χ1v) is 28.1. The van der Waals surface area contributed by atoms with Crippen molar-refractivity contribution in [1.29, 1.82) is 0 Å². The van der Waals surface area contributed by atoms with Gasteiger partial charge in [0.25, 0.3) is 0 Å². The Labute approximate surface area is 467 Å². The number of aromatic nitrogens is 6. The zero-order chi connectivity index (χ0) is 55.1. The molecule has 0 aliphatic rings. The standard InChI is InChI=1S/C72H64N6O2/c1-41(2)54-35-50(47-22-13-11-14-23-47)36-55(42(3)4)67(54)77-63-30-19-17-28-60(63)75-71(77)49-26-21-27-52(34-49)79-53-39-58-65-66-62(33-32-45(9)73-66)74-46(10)69(65)80-70(58)59(40-53)72-76-61-29-18-20-31-64(61)78(72)68-56(43(5)6)37-51(38-57(68)44(7)8)48-24-15-12-16-25-48/h11-44H,1-10H3. The molecule has 5 aromatic heterocycles. The smallest absolute Gasteiger partial charge is 0.158 e. The van der Waals surface area contributed by atoms with Crippen LogP contribution >= 0.6 is 0 Å². The Morgan fingerprint density at radius 1 is 0.400 bits per heavy atom. The van der Waals surface area contributed by atoms with E-state index in [9.17, 15) is 0 Å². The molecule has 0 unspecified atom stereocenters. The van der Waals surface area contributed by atoms with E-state index in [4.69, 9.17) is 29.1 Å². The first kappa shape index (κ1) is 50.4. The van der Waals surface area contributed by atoms with Crippen molar-refractivity contribution in [3.63, 3.8) is 0 Å². The molecule has 0 radical (unpaired) electrons. The van der Waals surface area contributed by atoms with Crippen molar-refractivity contribution in [2.75, 3.05) is 0 Å². The molecule has 5 heterocycles. The molecule has 8 nitrogen and oxygen atoms in total. The van der Waals surface area contributed by atoms with Crippen molar-refractivity contribution >= 4 is 55.0 Å². The number of hydrogen-bond acceptors (Lipinski definition) is 6. The third-order valence-corrected chi connectivity index (χ3v) is 15.8. The third-order valence-electron chi connectivity index (χ3n) is 15.8. The first-order chi connectivity index (χ1) is 38.8. The molecule has 8 aromatic carbocycles. The maximum absolute atomic E-state index is 7.26. The van der Waals surface area contributed by atoms with Crippen molar-refractivity contribution in [3.8, 4) is 67.9 Å². The Balaban J connectivity index is 1.04. The minimum Gasteiger partial charge on any atom is -0.457 e. The van der Waals surface area contributed by atoms with E-state index in [-0.39, 0.29) is 23.7 Å². The van der Waals surface area contributed by atoms with Crippen molar-refractivity contribution in [3.05, 3.63) is 216 Å². The molecule has 0 atom stereocenters. The largest absolute Gasteiger partial charge is 0.457 e. The molecule has 0 saturated heterocycles. The van der Waals surface area contributed by atoms with Crippen molar-refractivity contribution < 1.29 is 9.15 Å². The fourth-order valence-corrected chi connectivity index (χ4v) is 11.9. The highest BCUT2D eigenvalue weighted by atomic mass is 16.5. The van der Waals surface area contributed by atoms with Crippen LogP contribution in [0.15, 0.2) is 186 Å². The predicted octanol–water partition coefficient (Wildman–Crippen LogP) is 19.8. The van der Waals surface area contributed by atoms with Gasteiger partial charge in [0.15, 0.2) is 5.58 Å². The Hall–Kier alpha value is -9.14. The van der Waals surface area contributed by atoms with E-state index in [1.54, 1.807) is 0 Å². The highest BCUT2D eigenvalue weighted by Crippen LogP contribution is 2.47. The molecule has 0 aliphatic heterocycles. The summed E-state index contributed by atoms with van der Waals surface area (Å²) in [6.07, 6.45) is 0. The van der Waals surface area contributed by atoms with Crippen LogP contribution in [0, 0.1) is 13.8 Å². The average Bonchev–Trinajstić information content (AvgIpc) is 4.21. The van der Waals surface area contributed by atoms with Gasteiger partial charge in [-0.25, -0.2) is 15.0 Å². The number of para-hydroxylation sites is 4. The van der Waals surface area contributed by atoms with Crippen LogP contribution in [0.1, 0.15) is 113 Å². The lowest BCUT2D eigenvalue weighted by Crippen LogP contribution is -2.09. The van der Waals surface area contributed by atoms with Gasteiger partial charge in [-0.3, -0.25) is 14.1 Å². The number of benzene rings is 8. The van der Waals surface area contributed by atoms with Gasteiger partial charge < -0.3 is 9.15 Å². The fourth-order valence-electron chi connectivity index (χ4n) is 11.9. The Morgan fingerprint density at radius 3 is 1.45 bits per heavy atom. The lowest BCUT2D eigenvalue weighted by Gasteiger charge is -2.24. The molecule has 0 fully saturated rings. The number of furan rings is 1. The molecule has 0 N–H and O–H groups in total. The normalized spacial score (nSPS) is 12.1. The molecule has 394 valence electrons. The highest BCUT2D eigenvalue weighted by Gasteiger charge is 2.29. The zero-order valence-corrected chi connectivity index (χ0v) is 47.1. The quantitative estimate of drug-likeness (QED) is 0.121. The molecule has 0 saturated carbocycles. The van der Waals surface area contributed by atoms with E-state index < -0.39 is 0 Å². The summed E-state index contributed by atoms with van der Waals surface area (Å²) < 4.78 is 19.2. The van der Waals surface area contributed by atoms with Crippen LogP contribution in [0.5, 0.6) is 11.5 Å². The molecule has 13 rings (SSSR count). The number of pyridine rings is 2. The second-order valence-corrected chi connectivity index (χ2v) is 22.7. The number of nitrogens with zero attached hydrogens (tertiary/aromatic N) is 6. The van der Waals surface area contributed by atoms with Crippen LogP contribution in [-0.4, -0.2) is 29.1 Å². The van der Waals surface area contributed by atoms with Gasteiger partial charge in [-0.15, -0.1) is 0 Å². The van der Waals surface area contributed by atoms with Gasteiger partial charge >= 0.3 is 0 Å². The molecule has 0 amide bonds. The van der Waals surface area contributed by atoms with Gasteiger partial charge in [-0.1, -0.05) is 152 Å². The Bertz CT molecular complexity index is 4480. The summed E-state index contributed by atoms with van der Waals surface area (Å²) in [5.41, 5.74) is 22.3. The SMILES string of the molecule is Cc1ccc2nc(C)c3oc4c(-c5nc6ccccc6n5-c5c(C(C)C)cc(-c6ccccc6)cc5C(C)C)cc(Oc5cccc(-c6nc7ccccc7n6-c6c(C(C)C)cc(-c7ccccc7)cc6C(C)C)c5)cc4c3c2n1. The Morgan fingerprint density at radius 2 is 0.900 bits per heavy atom. The number of aryl methyl sites for hydroxylation is 2. The van der Waals surface area contributed by atoms with E-state index in [1.807, 2.05) is 32.0 Å². The monoisotopic (exact) mass is 1040 g/mol. The molecular formula is C72H64N6O2. The zero-order valence-electron chi connectivity index (χ0n) is 47.1. The summed E-state index contributed by atoms with van der Waals surface area (Å²) in [6.45, 7) is 22.3. The molecule has 0 aliphatic carbocycles. The van der Waals surface area contributed by atoms with Crippen molar-refractivity contribution in [1.82, 2.24) is 29.1 Å². The van der Waals surface area contributed by atoms with Gasteiger partial charge in [0.1, 0.15) is 34.2 Å². The van der Waals surface area contributed by atoms with Gasteiger partial charge in [0, 0.05) is 16.6 Å². The fraction of sp³-hybridized carbons (Fsp3) is 0.194. The van der Waals surface area contributed by atoms with Crippen molar-refractivity contribution in [2.45, 2.75) is 92.9 Å². The molecule has 0 bridgehead atoms. The van der Waals surface area contributed by atoms with Crippen LogP contribution in [0.4, 0.5) is 0 Å². The number of hydrogen-bond donors (Lipinski definition) is 0. The predicted molar refractivity (Wildman–Crippen MR) is 330 cm³/mol. The minimum absolute atomic E-state index is 0.179. The molecule has 80 heavy (non-hydrogen) atoms. The van der Waals surface area contributed by atoms with Gasteiger partial charge in [0.2, 0.25) is 0 Å². The maximum atomic E-state index is 7.26. The van der Waals surface area contributed by atoms with E-state index >= 15 is 0 Å². The number of rotatable bonds is 12. The lowest BCUT2D eigenvalue weighted by atomic mass is 9.88. The molecule has 13 aromatic rings. The van der Waals surface area contributed by atoms with E-state index in [1.165, 1.54) is 50.2 Å². The van der Waals surface area contributed by atoms with E-state index in [2.05, 4.69) is 228 Å². The summed E-state index contributed by atoms with van der Waals surface area (Å²) in [5.74, 6) is 3.69. The topological polar surface area (TPSA) is 83.8 Å². The van der Waals surface area contributed by atoms with Crippen LogP contribution < -0.4 is 4.74 Å². The lowest BCUT2D eigenvalue weighted by molar-refractivity contribution is 0.483. The maximum Gasteiger partial charge on any atom is 0.158 e. The summed E-state index contributed by atoms with van der Waals surface area (Å²) in [5, 5.41) is 1.76. The number of ether oxygens (including phenoxy) is 1. The Kier molecular flexibility index (Phi) is 12.6. The first-order valence-electron chi connectivity index (χ1n) is 28.1. The van der Waals surface area contributed by atoms with Crippen LogP contribution in [0.2, 0.25) is 0 Å². The van der Waals surface area contributed by atoms with Crippen LogP contribution in [0.3, 0.4) is 0 Å². The second-order valence-electron chi connectivity index (χ2n) is 22.7. The minimum atomic E-state index is 0.179. The summed E-state index contributed by atoms with van der Waals surface area (Å²) >= 11 is 0. The number of imidazole rings is 2. The van der Waals surface area contributed by atoms with Gasteiger partial charge in [0.05, 0.1) is 55.6 Å². The number of fused-ring (bicyclic) bond motifs is 7. The van der Waals surface area contributed by atoms with E-state index in [0.717, 1.165) is 83.7 Å². The molecule has 0 spiro atoms. The third kappa shape index (κ3) is 8.61. The summed E-state index contributed by atoms with van der Waals surface area (Å²) in [6, 6.07) is 64.5. The summed E-state index contributed by atoms with van der Waals surface area (Å²) in [4.78, 5) is 21.2. The van der Waals surface area contributed by atoms with Crippen LogP contribution in [0.25, 0.3) is 111 Å². The molecule has 8 heteroatoms. The second kappa shape index (κ2) is 19.9.